The van der Waals surface area contributed by atoms with E-state index in [1.54, 1.807) is 18.3 Å². The molecule has 7 heteroatoms. The Labute approximate surface area is 397 Å². The number of rotatable bonds is 8. The van der Waals surface area contributed by atoms with Crippen LogP contribution in [-0.2, 0) is 26.5 Å². The zero-order valence-corrected chi connectivity index (χ0v) is 42.3. The molecule has 0 spiro atoms. The van der Waals surface area contributed by atoms with Crippen molar-refractivity contribution in [3.8, 4) is 39.5 Å². The molecule has 4 heterocycles. The molecule has 0 N–H and O–H groups in total. The van der Waals surface area contributed by atoms with Crippen molar-refractivity contribution in [1.29, 1.82) is 0 Å². The Hall–Kier alpha value is -5.14. The van der Waals surface area contributed by atoms with Gasteiger partial charge in [-0.25, -0.2) is 4.98 Å². The third kappa shape index (κ3) is 9.55. The number of furan rings is 1. The molecule has 0 aliphatic rings. The van der Waals surface area contributed by atoms with Crippen molar-refractivity contribution in [2.24, 2.45) is 5.41 Å². The quantitative estimate of drug-likeness (QED) is 0.112. The molecule has 0 bridgehead atoms. The summed E-state index contributed by atoms with van der Waals surface area (Å²) in [6, 6.07) is 47.3. The predicted molar refractivity (Wildman–Crippen MR) is 263 cm³/mol. The maximum Gasteiger partial charge on any atom is 0 e. The smallest absolute Gasteiger partial charge is 0 e. The third-order valence-electron chi connectivity index (χ3n) is 11.0. The maximum absolute atomic E-state index is 8.87. The summed E-state index contributed by atoms with van der Waals surface area (Å²) in [5, 5.41) is 2.01. The fourth-order valence-corrected chi connectivity index (χ4v) is 11.9. The third-order valence-corrected chi connectivity index (χ3v) is 15.2. The van der Waals surface area contributed by atoms with E-state index in [2.05, 4.69) is 138 Å². The molecule has 0 aliphatic carbocycles. The van der Waals surface area contributed by atoms with E-state index in [-0.39, 0.29) is 25.8 Å². The number of benzene rings is 5. The molecular weight excluding hydrogens is 1010 g/mol. The van der Waals surface area contributed by atoms with Gasteiger partial charge in [0.25, 0.3) is 0 Å². The van der Waals surface area contributed by atoms with E-state index in [4.69, 9.17) is 16.3 Å². The zero-order valence-electron chi connectivity index (χ0n) is 42.8. The van der Waals surface area contributed by atoms with Crippen molar-refractivity contribution in [1.82, 2.24) is 19.5 Å². The Morgan fingerprint density at radius 2 is 1.46 bits per heavy atom. The van der Waals surface area contributed by atoms with Crippen molar-refractivity contribution < 1.29 is 31.4 Å². The summed E-state index contributed by atoms with van der Waals surface area (Å²) in [4.78, 5) is 14.2. The molecule has 5 nitrogen and oxygen atoms in total. The van der Waals surface area contributed by atoms with Gasteiger partial charge in [-0.05, 0) is 70.5 Å². The topological polar surface area (TPSA) is 56.7 Å². The van der Waals surface area contributed by atoms with Gasteiger partial charge < -0.3 is 8.98 Å². The number of pyridine rings is 2. The second-order valence-electron chi connectivity index (χ2n) is 18.7. The van der Waals surface area contributed by atoms with Crippen LogP contribution in [0, 0.1) is 24.4 Å². The van der Waals surface area contributed by atoms with Gasteiger partial charge >= 0.3 is 145 Å². The number of aromatic nitrogens is 4. The van der Waals surface area contributed by atoms with Gasteiger partial charge in [0.1, 0.15) is 0 Å². The molecule has 63 heavy (non-hydrogen) atoms. The zero-order chi connectivity index (χ0) is 48.2. The van der Waals surface area contributed by atoms with Crippen LogP contribution in [-0.4, -0.2) is 32.8 Å². The van der Waals surface area contributed by atoms with Crippen LogP contribution in [0.2, 0.25) is 17.3 Å². The maximum atomic E-state index is 8.87. The van der Waals surface area contributed by atoms with Gasteiger partial charge in [0.2, 0.25) is 5.71 Å². The van der Waals surface area contributed by atoms with Crippen LogP contribution in [0.1, 0.15) is 89.5 Å². The van der Waals surface area contributed by atoms with Crippen LogP contribution >= 0.6 is 0 Å². The molecule has 0 amide bonds. The first-order valence-electron chi connectivity index (χ1n) is 24.0. The minimum atomic E-state index is -2.79. The van der Waals surface area contributed by atoms with Crippen molar-refractivity contribution >= 4 is 50.8 Å². The second-order valence-corrected chi connectivity index (χ2v) is 29.2. The van der Waals surface area contributed by atoms with Gasteiger partial charge in [-0.3, -0.25) is 4.98 Å². The van der Waals surface area contributed by atoms with Crippen molar-refractivity contribution in [2.45, 2.75) is 90.8 Å². The summed E-state index contributed by atoms with van der Waals surface area (Å²) in [7, 11) is 0. The molecule has 5 aromatic carbocycles. The van der Waals surface area contributed by atoms with Crippen LogP contribution in [0.4, 0.5) is 0 Å². The normalized spacial score (nSPS) is 13.6. The number of aryl methyl sites for hydroxylation is 1. The van der Waals surface area contributed by atoms with E-state index >= 15 is 0 Å². The summed E-state index contributed by atoms with van der Waals surface area (Å²) < 4.78 is 51.3. The van der Waals surface area contributed by atoms with Gasteiger partial charge in [0.05, 0.1) is 22.4 Å². The molecule has 0 fully saturated rings. The first kappa shape index (κ1) is 39.5. The molecule has 9 aromatic rings. The number of imidazole rings is 1. The van der Waals surface area contributed by atoms with E-state index < -0.39 is 31.9 Å². The molecule has 1 radical (unpaired) electrons. The number of hydrogen-bond donors (Lipinski definition) is 0. The summed E-state index contributed by atoms with van der Waals surface area (Å²) in [6.45, 7) is 12.2. The van der Waals surface area contributed by atoms with Gasteiger partial charge in [-0.15, -0.1) is 18.2 Å². The van der Waals surface area contributed by atoms with E-state index in [1.807, 2.05) is 63.2 Å². The predicted octanol–water partition coefficient (Wildman–Crippen LogP) is 14.7. The molecule has 0 saturated heterocycles. The van der Waals surface area contributed by atoms with Gasteiger partial charge in [-0.2, -0.15) is 0 Å². The minimum absolute atomic E-state index is 0. The Morgan fingerprint density at radius 3 is 2.11 bits per heavy atom. The summed E-state index contributed by atoms with van der Waals surface area (Å²) in [6.07, 6.45) is 0.0643. The standard InChI is InChI=1S/C36H30N3O.C20H28GeN.Ir/c1-22(2)29-20-25(24-12-6-5-7-13-24)21-30(23(3)4)33(29)39-32-18-9-8-17-31(32)38-35(39)28-15-10-14-26-27-16-11-19-37-36(27)40-34(26)28;1-15-19(21(5,6)7)17(14-20(2,3)4)13-18(22-15)16-11-9-8-10-12-16;/h5-14,16-23H,1-4H3;8-11,13H,14H2,1-7H3;/q2*-1;/i;1D3,14D2;. The molecule has 0 aliphatic heterocycles. The summed E-state index contributed by atoms with van der Waals surface area (Å²) >= 11 is -2.79. The van der Waals surface area contributed by atoms with E-state index in [1.165, 1.54) is 27.9 Å². The molecule has 9 rings (SSSR count). The van der Waals surface area contributed by atoms with E-state index in [0.717, 1.165) is 38.8 Å². The first-order chi connectivity index (χ1) is 31.6. The largest absolute Gasteiger partial charge is 0 e. The summed E-state index contributed by atoms with van der Waals surface area (Å²) in [5.74, 6) is 7.66. The van der Waals surface area contributed by atoms with Crippen LogP contribution in [0.5, 0.6) is 0 Å². The Morgan fingerprint density at radius 1 is 0.762 bits per heavy atom. The summed E-state index contributed by atoms with van der Waals surface area (Å²) in [5.41, 5.74) is 11.4. The molecular formula is C56H58GeIrN4O-2. The van der Waals surface area contributed by atoms with Crippen molar-refractivity contribution in [2.75, 3.05) is 0 Å². The Balaban J connectivity index is 0.000000215. The van der Waals surface area contributed by atoms with Gasteiger partial charge in [0.15, 0.2) is 0 Å². The van der Waals surface area contributed by atoms with Crippen molar-refractivity contribution in [3.63, 3.8) is 0 Å². The van der Waals surface area contributed by atoms with Gasteiger partial charge in [0, 0.05) is 37.4 Å². The fraction of sp³-hybridized carbons (Fsp3) is 0.268. The Bertz CT molecular complexity index is 3210. The molecule has 0 atom stereocenters. The average Bonchev–Trinajstić information content (AvgIpc) is 3.87. The Kier molecular flexibility index (Phi) is 11.6. The minimum Gasteiger partial charge on any atom is 0 e. The monoisotopic (exact) mass is 1070 g/mol. The van der Waals surface area contributed by atoms with E-state index in [0.29, 0.717) is 38.8 Å². The number of hydrogen-bond acceptors (Lipinski definition) is 4. The number of para-hydroxylation sites is 2. The molecule has 4 aromatic heterocycles. The SMILES string of the molecule is CC(C)c1cc(-c2ccccc2)cc(C(C)C)c1-n1c(-c2[c-]ccc3c2oc2ncccc23)nc2ccccc21.[2H]C([2H])([2H])c1nc(-c2[c-]cccc2)cc(C([2H])([2H])C(C)(C)C)[c]1[Ge]([CH3])([CH3])[CH3].[Ir]. The first-order valence-corrected chi connectivity index (χ1v) is 28.8. The van der Waals surface area contributed by atoms with Crippen LogP contribution in [0.15, 0.2) is 132 Å². The fourth-order valence-electron chi connectivity index (χ4n) is 8.28. The van der Waals surface area contributed by atoms with Gasteiger partial charge in [-0.1, -0.05) is 81.1 Å². The molecule has 323 valence electrons. The number of nitrogens with zero attached hydrogens (tertiary/aromatic N) is 4. The van der Waals surface area contributed by atoms with Crippen LogP contribution < -0.4 is 4.40 Å². The van der Waals surface area contributed by atoms with Crippen molar-refractivity contribution in [3.05, 3.63) is 162 Å². The second kappa shape index (κ2) is 18.5. The average molecular weight is 1070 g/mol. The van der Waals surface area contributed by atoms with E-state index in [9.17, 15) is 0 Å². The van der Waals surface area contributed by atoms with Crippen LogP contribution in [0.25, 0.3) is 72.6 Å². The van der Waals surface area contributed by atoms with Crippen LogP contribution in [0.3, 0.4) is 0 Å². The molecule has 0 saturated carbocycles. The molecule has 0 unspecified atom stereocenters. The number of fused-ring (bicyclic) bond motifs is 4.